The zero-order valence-corrected chi connectivity index (χ0v) is 17.8. The van der Waals surface area contributed by atoms with Gasteiger partial charge in [-0.05, 0) is 117 Å². The third-order valence-electron chi connectivity index (χ3n) is 11.1. The average molecular weight is 357 g/mol. The Balaban J connectivity index is 1.37. The van der Waals surface area contributed by atoms with Crippen LogP contribution in [0.4, 0.5) is 0 Å². The van der Waals surface area contributed by atoms with Gasteiger partial charge in [0.25, 0.3) is 0 Å². The minimum absolute atomic E-state index is 0.735. The summed E-state index contributed by atoms with van der Waals surface area (Å²) >= 11 is 0. The smallest absolute Gasteiger partial charge is 0.0266 e. The highest BCUT2D eigenvalue weighted by atomic mass is 14.6. The number of hydrogen-bond donors (Lipinski definition) is 0. The number of hydrogen-bond acceptors (Lipinski definition) is 0. The SMILES string of the molecule is CCCCC12CCCC1C1CCC3C(CCC4CCCCC43C)C1CC2. The highest BCUT2D eigenvalue weighted by molar-refractivity contribution is 5.08. The Morgan fingerprint density at radius 1 is 0.692 bits per heavy atom. The Morgan fingerprint density at radius 2 is 1.54 bits per heavy atom. The Bertz CT molecular complexity index is 508. The van der Waals surface area contributed by atoms with E-state index in [9.17, 15) is 0 Å². The van der Waals surface area contributed by atoms with Gasteiger partial charge < -0.3 is 0 Å². The van der Waals surface area contributed by atoms with Crippen LogP contribution in [0.3, 0.4) is 0 Å². The fourth-order valence-corrected chi connectivity index (χ4v) is 9.93. The lowest BCUT2D eigenvalue weighted by molar-refractivity contribution is -0.125. The molecule has 5 fully saturated rings. The average Bonchev–Trinajstić information content (AvgIpc) is 3.10. The standard InChI is InChI=1S/C26H44/c1-3-4-16-26-17-7-9-24(26)22-12-13-23-21(20(22)14-18-26)11-10-19-8-5-6-15-25(19,23)2/h19-24H,3-18H2,1-2H3. The lowest BCUT2D eigenvalue weighted by atomic mass is 9.43. The van der Waals surface area contributed by atoms with E-state index in [-0.39, 0.29) is 0 Å². The van der Waals surface area contributed by atoms with Crippen LogP contribution in [-0.2, 0) is 0 Å². The van der Waals surface area contributed by atoms with Gasteiger partial charge in [-0.3, -0.25) is 0 Å². The molecular formula is C26H44. The number of rotatable bonds is 3. The second-order valence-corrected chi connectivity index (χ2v) is 11.7. The van der Waals surface area contributed by atoms with E-state index in [0.29, 0.717) is 0 Å². The van der Waals surface area contributed by atoms with Crippen molar-refractivity contribution in [3.05, 3.63) is 0 Å². The zero-order chi connectivity index (χ0) is 17.8. The minimum Gasteiger partial charge on any atom is -0.0654 e. The lowest BCUT2D eigenvalue weighted by Gasteiger charge is -2.62. The second kappa shape index (κ2) is 6.81. The first-order valence-electron chi connectivity index (χ1n) is 12.7. The van der Waals surface area contributed by atoms with Crippen molar-refractivity contribution >= 4 is 0 Å². The summed E-state index contributed by atoms with van der Waals surface area (Å²) in [6.07, 6.45) is 25.1. The monoisotopic (exact) mass is 356 g/mol. The van der Waals surface area contributed by atoms with Gasteiger partial charge >= 0.3 is 0 Å². The van der Waals surface area contributed by atoms with E-state index >= 15 is 0 Å². The van der Waals surface area contributed by atoms with Crippen LogP contribution in [0.15, 0.2) is 0 Å². The van der Waals surface area contributed by atoms with Crippen molar-refractivity contribution in [3.8, 4) is 0 Å². The molecule has 0 N–H and O–H groups in total. The van der Waals surface area contributed by atoms with Crippen LogP contribution < -0.4 is 0 Å². The zero-order valence-electron chi connectivity index (χ0n) is 17.8. The van der Waals surface area contributed by atoms with Gasteiger partial charge in [-0.2, -0.15) is 0 Å². The summed E-state index contributed by atoms with van der Waals surface area (Å²) in [4.78, 5) is 0. The molecule has 0 aromatic carbocycles. The maximum absolute atomic E-state index is 2.75. The molecule has 0 heteroatoms. The van der Waals surface area contributed by atoms with E-state index in [0.717, 1.165) is 46.3 Å². The highest BCUT2D eigenvalue weighted by Gasteiger charge is 2.58. The quantitative estimate of drug-likeness (QED) is 0.480. The van der Waals surface area contributed by atoms with Gasteiger partial charge in [0.2, 0.25) is 0 Å². The molecule has 5 aliphatic rings. The van der Waals surface area contributed by atoms with E-state index in [1.165, 1.54) is 25.7 Å². The summed E-state index contributed by atoms with van der Waals surface area (Å²) in [6.45, 7) is 5.15. The van der Waals surface area contributed by atoms with Gasteiger partial charge in [-0.15, -0.1) is 0 Å². The fourth-order valence-electron chi connectivity index (χ4n) is 9.93. The van der Waals surface area contributed by atoms with E-state index < -0.39 is 0 Å². The predicted octanol–water partition coefficient (Wildman–Crippen LogP) is 8.01. The van der Waals surface area contributed by atoms with E-state index in [4.69, 9.17) is 0 Å². The van der Waals surface area contributed by atoms with Gasteiger partial charge in [0.05, 0.1) is 0 Å². The molecule has 8 unspecified atom stereocenters. The summed E-state index contributed by atoms with van der Waals surface area (Å²) in [6, 6.07) is 0. The van der Waals surface area contributed by atoms with Crippen molar-refractivity contribution < 1.29 is 0 Å². The first-order chi connectivity index (χ1) is 12.7. The molecule has 0 heterocycles. The third kappa shape index (κ3) is 2.59. The Kier molecular flexibility index (Phi) is 4.73. The highest BCUT2D eigenvalue weighted by Crippen LogP contribution is 2.67. The molecule has 0 aromatic rings. The predicted molar refractivity (Wildman–Crippen MR) is 111 cm³/mol. The molecule has 0 amide bonds. The van der Waals surface area contributed by atoms with Gasteiger partial charge in [0, 0.05) is 0 Å². The minimum atomic E-state index is 0.735. The largest absolute Gasteiger partial charge is 0.0654 e. The Hall–Kier alpha value is 0. The molecule has 0 bridgehead atoms. The fraction of sp³-hybridized carbons (Fsp3) is 1.00. The van der Waals surface area contributed by atoms with Crippen LogP contribution in [0.1, 0.15) is 117 Å². The Labute approximate surface area is 163 Å². The van der Waals surface area contributed by atoms with Gasteiger partial charge in [-0.1, -0.05) is 46.0 Å². The first-order valence-corrected chi connectivity index (χ1v) is 12.7. The topological polar surface area (TPSA) is 0 Å². The lowest BCUT2D eigenvalue weighted by Crippen LogP contribution is -2.54. The molecule has 0 nitrogen and oxygen atoms in total. The summed E-state index contributed by atoms with van der Waals surface area (Å²) < 4.78 is 0. The summed E-state index contributed by atoms with van der Waals surface area (Å²) in [5, 5.41) is 0. The maximum atomic E-state index is 2.75. The normalized spacial score (nSPS) is 53.3. The summed E-state index contributed by atoms with van der Waals surface area (Å²) in [5.74, 6) is 6.71. The number of fused-ring (bicyclic) bond motifs is 7. The van der Waals surface area contributed by atoms with Crippen LogP contribution in [0.2, 0.25) is 0 Å². The maximum Gasteiger partial charge on any atom is -0.0266 e. The molecule has 26 heavy (non-hydrogen) atoms. The van der Waals surface area contributed by atoms with Crippen molar-refractivity contribution in [3.63, 3.8) is 0 Å². The van der Waals surface area contributed by atoms with E-state index in [2.05, 4.69) is 13.8 Å². The van der Waals surface area contributed by atoms with Gasteiger partial charge in [0.1, 0.15) is 0 Å². The molecular weight excluding hydrogens is 312 g/mol. The van der Waals surface area contributed by atoms with Crippen LogP contribution in [0, 0.1) is 46.3 Å². The van der Waals surface area contributed by atoms with Crippen molar-refractivity contribution in [1.29, 1.82) is 0 Å². The van der Waals surface area contributed by atoms with Crippen LogP contribution in [0.5, 0.6) is 0 Å². The molecule has 5 rings (SSSR count). The summed E-state index contributed by atoms with van der Waals surface area (Å²) in [5.41, 5.74) is 1.54. The van der Waals surface area contributed by atoms with Crippen LogP contribution in [0.25, 0.3) is 0 Å². The van der Waals surface area contributed by atoms with Crippen LogP contribution in [-0.4, -0.2) is 0 Å². The van der Waals surface area contributed by atoms with Crippen LogP contribution >= 0.6 is 0 Å². The van der Waals surface area contributed by atoms with Crippen molar-refractivity contribution in [2.75, 3.05) is 0 Å². The second-order valence-electron chi connectivity index (χ2n) is 11.7. The molecule has 0 spiro atoms. The third-order valence-corrected chi connectivity index (χ3v) is 11.1. The van der Waals surface area contributed by atoms with Crippen molar-refractivity contribution in [2.24, 2.45) is 46.3 Å². The molecule has 8 atom stereocenters. The first kappa shape index (κ1) is 18.1. The molecule has 0 aromatic heterocycles. The van der Waals surface area contributed by atoms with Crippen molar-refractivity contribution in [2.45, 2.75) is 117 Å². The Morgan fingerprint density at radius 3 is 2.42 bits per heavy atom. The number of unbranched alkanes of at least 4 members (excludes halogenated alkanes) is 1. The van der Waals surface area contributed by atoms with Crippen molar-refractivity contribution in [1.82, 2.24) is 0 Å². The molecule has 5 saturated carbocycles. The van der Waals surface area contributed by atoms with Gasteiger partial charge in [0.15, 0.2) is 0 Å². The molecule has 0 saturated heterocycles. The molecule has 148 valence electrons. The molecule has 5 aliphatic carbocycles. The van der Waals surface area contributed by atoms with E-state index in [1.54, 1.807) is 77.0 Å². The van der Waals surface area contributed by atoms with Gasteiger partial charge in [-0.25, -0.2) is 0 Å². The molecule has 0 radical (unpaired) electrons. The van der Waals surface area contributed by atoms with E-state index in [1.807, 2.05) is 0 Å². The summed E-state index contributed by atoms with van der Waals surface area (Å²) in [7, 11) is 0. The molecule has 0 aliphatic heterocycles.